The molecule has 1 aliphatic heterocycles. The van der Waals surface area contributed by atoms with Crippen LogP contribution in [0.1, 0.15) is 5.76 Å². The number of nitrogens with zero attached hydrogens (tertiary/aromatic N) is 1. The molecule has 1 aromatic heterocycles. The lowest BCUT2D eigenvalue weighted by Crippen LogP contribution is -2.01. The van der Waals surface area contributed by atoms with E-state index in [1.54, 1.807) is 36.4 Å². The number of furan rings is 1. The number of aliphatic imine (C=N–C) groups is 1. The smallest absolute Gasteiger partial charge is 0.286 e. The molecule has 0 fully saturated rings. The lowest BCUT2D eigenvalue weighted by Gasteiger charge is -2.01. The molecule has 1 aromatic carbocycles. The minimum atomic E-state index is -0.365. The topological polar surface area (TPSA) is 68.6 Å². The molecule has 0 saturated carbocycles. The fourth-order valence-electron chi connectivity index (χ4n) is 1.82. The highest BCUT2D eigenvalue weighted by Crippen LogP contribution is 2.35. The normalized spacial score (nSPS) is 16.6. The second kappa shape index (κ2) is 5.60. The first kappa shape index (κ1) is 14.3. The Labute approximate surface area is 134 Å². The van der Waals surface area contributed by atoms with Gasteiger partial charge in [0.15, 0.2) is 5.17 Å². The quantitative estimate of drug-likeness (QED) is 0.834. The number of rotatable bonds is 2. The Bertz CT molecular complexity index is 796. The van der Waals surface area contributed by atoms with Gasteiger partial charge in [0.25, 0.3) is 5.91 Å². The van der Waals surface area contributed by atoms with E-state index in [9.17, 15) is 4.79 Å². The van der Waals surface area contributed by atoms with Crippen molar-refractivity contribution in [1.29, 1.82) is 0 Å². The zero-order valence-electron chi connectivity index (χ0n) is 10.5. The summed E-state index contributed by atoms with van der Waals surface area (Å²) in [6.07, 6.45) is 1.60. The van der Waals surface area contributed by atoms with Crippen LogP contribution in [-0.4, -0.2) is 11.1 Å². The van der Waals surface area contributed by atoms with Crippen LogP contribution in [0.15, 0.2) is 44.6 Å². The predicted molar refractivity (Wildman–Crippen MR) is 86.4 cm³/mol. The third kappa shape index (κ3) is 2.85. The average molecular weight is 339 g/mol. The molecule has 0 atom stereocenters. The predicted octanol–water partition coefficient (Wildman–Crippen LogP) is 4.18. The number of halogens is 2. The van der Waals surface area contributed by atoms with Crippen molar-refractivity contribution in [3.05, 3.63) is 51.0 Å². The monoisotopic (exact) mass is 338 g/mol. The molecule has 0 saturated heterocycles. The molecule has 2 heterocycles. The van der Waals surface area contributed by atoms with E-state index >= 15 is 0 Å². The van der Waals surface area contributed by atoms with E-state index in [0.29, 0.717) is 32.0 Å². The van der Waals surface area contributed by atoms with E-state index in [-0.39, 0.29) is 11.1 Å². The van der Waals surface area contributed by atoms with Crippen LogP contribution in [-0.2, 0) is 4.79 Å². The first-order valence-corrected chi connectivity index (χ1v) is 7.44. The molecular formula is C14H8Cl2N2O2S. The second-order valence-electron chi connectivity index (χ2n) is 4.17. The lowest BCUT2D eigenvalue weighted by atomic mass is 10.2. The van der Waals surface area contributed by atoms with Gasteiger partial charge in [-0.15, -0.1) is 0 Å². The van der Waals surface area contributed by atoms with Crippen LogP contribution in [0, 0.1) is 0 Å². The molecule has 0 spiro atoms. The fraction of sp³-hybridized carbons (Fsp3) is 0. The number of carbonyl (C=O) groups is 1. The van der Waals surface area contributed by atoms with Gasteiger partial charge in [0.1, 0.15) is 11.5 Å². The van der Waals surface area contributed by atoms with Crippen molar-refractivity contribution in [2.75, 3.05) is 0 Å². The molecule has 2 N–H and O–H groups in total. The molecule has 0 bridgehead atoms. The molecule has 2 aromatic rings. The summed E-state index contributed by atoms with van der Waals surface area (Å²) in [7, 11) is 0. The molecule has 3 rings (SSSR count). The number of carbonyl (C=O) groups excluding carboxylic acids is 1. The number of hydrogen-bond acceptors (Lipinski definition) is 4. The van der Waals surface area contributed by atoms with Crippen molar-refractivity contribution in [1.82, 2.24) is 0 Å². The Balaban J connectivity index is 1.93. The summed E-state index contributed by atoms with van der Waals surface area (Å²) in [5, 5.41) is 1.11. The number of nitrogens with two attached hydrogens (primary N) is 1. The van der Waals surface area contributed by atoms with Gasteiger partial charge in [0, 0.05) is 11.6 Å². The molecule has 21 heavy (non-hydrogen) atoms. The molecule has 0 unspecified atom stereocenters. The zero-order chi connectivity index (χ0) is 15.0. The fourth-order valence-corrected chi connectivity index (χ4v) is 2.88. The van der Waals surface area contributed by atoms with Gasteiger partial charge in [0.05, 0.1) is 15.0 Å². The first-order valence-electron chi connectivity index (χ1n) is 5.87. The summed E-state index contributed by atoms with van der Waals surface area (Å²) >= 11 is 13.2. The molecule has 7 heteroatoms. The van der Waals surface area contributed by atoms with Gasteiger partial charge in [-0.1, -0.05) is 29.3 Å². The van der Waals surface area contributed by atoms with Gasteiger partial charge in [-0.2, -0.15) is 4.99 Å². The summed E-state index contributed by atoms with van der Waals surface area (Å²) in [4.78, 5) is 15.6. The van der Waals surface area contributed by atoms with Crippen molar-refractivity contribution >= 4 is 52.1 Å². The summed E-state index contributed by atoms with van der Waals surface area (Å²) in [5.74, 6) is 0.719. The van der Waals surface area contributed by atoms with Gasteiger partial charge in [-0.05, 0) is 36.0 Å². The summed E-state index contributed by atoms with van der Waals surface area (Å²) < 4.78 is 5.67. The van der Waals surface area contributed by atoms with Crippen molar-refractivity contribution in [2.24, 2.45) is 10.7 Å². The highest BCUT2D eigenvalue weighted by atomic mass is 35.5. The SMILES string of the molecule is NC1=NC(=O)/C(=C\c2ccc(-c3cccc(Cl)c3Cl)o2)S1. The van der Waals surface area contributed by atoms with Gasteiger partial charge in [-0.25, -0.2) is 0 Å². The number of benzene rings is 1. The van der Waals surface area contributed by atoms with Crippen LogP contribution < -0.4 is 5.73 Å². The minimum absolute atomic E-state index is 0.232. The number of thioether (sulfide) groups is 1. The molecule has 1 aliphatic rings. The molecule has 1 amide bonds. The van der Waals surface area contributed by atoms with Crippen molar-refractivity contribution < 1.29 is 9.21 Å². The van der Waals surface area contributed by atoms with Crippen LogP contribution >= 0.6 is 35.0 Å². The lowest BCUT2D eigenvalue weighted by molar-refractivity contribution is -0.113. The summed E-state index contributed by atoms with van der Waals surface area (Å²) in [6, 6.07) is 8.79. The molecule has 106 valence electrons. The maximum atomic E-state index is 11.5. The van der Waals surface area contributed by atoms with E-state index in [4.69, 9.17) is 33.4 Å². The Morgan fingerprint density at radius 3 is 2.76 bits per heavy atom. The van der Waals surface area contributed by atoms with Gasteiger partial charge in [-0.3, -0.25) is 4.79 Å². The van der Waals surface area contributed by atoms with E-state index < -0.39 is 0 Å². The van der Waals surface area contributed by atoms with Crippen LogP contribution in [0.3, 0.4) is 0 Å². The Morgan fingerprint density at radius 1 is 1.24 bits per heavy atom. The molecule has 0 aliphatic carbocycles. The van der Waals surface area contributed by atoms with Crippen LogP contribution in [0.2, 0.25) is 10.0 Å². The largest absolute Gasteiger partial charge is 0.457 e. The molecule has 4 nitrogen and oxygen atoms in total. The number of hydrogen-bond donors (Lipinski definition) is 1. The van der Waals surface area contributed by atoms with Crippen LogP contribution in [0.5, 0.6) is 0 Å². The highest BCUT2D eigenvalue weighted by Gasteiger charge is 2.20. The standard InChI is InChI=1S/C14H8Cl2N2O2S/c15-9-3-1-2-8(12(9)16)10-5-4-7(20-10)6-11-13(19)18-14(17)21-11/h1-6H,(H2,17,18,19)/b11-6+. The van der Waals surface area contributed by atoms with Gasteiger partial charge in [0.2, 0.25) is 0 Å². The Hall–Kier alpha value is -1.69. The minimum Gasteiger partial charge on any atom is -0.457 e. The van der Waals surface area contributed by atoms with Crippen LogP contribution in [0.4, 0.5) is 0 Å². The van der Waals surface area contributed by atoms with Gasteiger partial charge < -0.3 is 10.2 Å². The van der Waals surface area contributed by atoms with Crippen molar-refractivity contribution in [3.8, 4) is 11.3 Å². The third-order valence-electron chi connectivity index (χ3n) is 2.75. The van der Waals surface area contributed by atoms with E-state index in [1.807, 2.05) is 0 Å². The number of amides is 1. The van der Waals surface area contributed by atoms with Crippen molar-refractivity contribution in [2.45, 2.75) is 0 Å². The zero-order valence-corrected chi connectivity index (χ0v) is 12.8. The highest BCUT2D eigenvalue weighted by molar-refractivity contribution is 8.18. The average Bonchev–Trinajstić information content (AvgIpc) is 3.01. The number of amidine groups is 1. The van der Waals surface area contributed by atoms with Gasteiger partial charge >= 0.3 is 0 Å². The van der Waals surface area contributed by atoms with Crippen molar-refractivity contribution in [3.63, 3.8) is 0 Å². The second-order valence-corrected chi connectivity index (χ2v) is 6.02. The Morgan fingerprint density at radius 2 is 2.05 bits per heavy atom. The molecule has 0 radical (unpaired) electrons. The van der Waals surface area contributed by atoms with Crippen LogP contribution in [0.25, 0.3) is 17.4 Å². The summed E-state index contributed by atoms with van der Waals surface area (Å²) in [6.45, 7) is 0. The first-order chi connectivity index (χ1) is 10.0. The maximum absolute atomic E-state index is 11.5. The molecular weight excluding hydrogens is 331 g/mol. The van der Waals surface area contributed by atoms with E-state index in [0.717, 1.165) is 11.8 Å². The third-order valence-corrected chi connectivity index (χ3v) is 4.39. The Kier molecular flexibility index (Phi) is 3.80. The summed E-state index contributed by atoms with van der Waals surface area (Å²) in [5.41, 5.74) is 6.18. The van der Waals surface area contributed by atoms with E-state index in [1.165, 1.54) is 0 Å². The maximum Gasteiger partial charge on any atom is 0.286 e. The van der Waals surface area contributed by atoms with E-state index in [2.05, 4.69) is 4.99 Å².